The Hall–Kier alpha value is -0.770. The van der Waals surface area contributed by atoms with Crippen LogP contribution in [0.5, 0.6) is 0 Å². The molecular formula is C16H33NO3. The first-order chi connectivity index (χ1) is 9.76. The topological polar surface area (TPSA) is 49.8 Å². The lowest BCUT2D eigenvalue weighted by molar-refractivity contribution is 0.0830. The highest BCUT2D eigenvalue weighted by atomic mass is 16.6. The van der Waals surface area contributed by atoms with E-state index in [1.807, 2.05) is 0 Å². The van der Waals surface area contributed by atoms with E-state index in [1.165, 1.54) is 38.5 Å². The molecule has 0 saturated carbocycles. The van der Waals surface area contributed by atoms with Gasteiger partial charge in [-0.1, -0.05) is 58.8 Å². The second-order valence-electron chi connectivity index (χ2n) is 5.30. The fourth-order valence-electron chi connectivity index (χ4n) is 2.15. The van der Waals surface area contributed by atoms with Crippen LogP contribution in [0.25, 0.3) is 0 Å². The summed E-state index contributed by atoms with van der Waals surface area (Å²) in [6, 6.07) is 0. The van der Waals surface area contributed by atoms with E-state index < -0.39 is 0 Å². The van der Waals surface area contributed by atoms with Crippen molar-refractivity contribution >= 4 is 6.09 Å². The smallest absolute Gasteiger partial charge is 0.409 e. The monoisotopic (exact) mass is 287 g/mol. The van der Waals surface area contributed by atoms with Gasteiger partial charge in [-0.05, 0) is 12.8 Å². The average Bonchev–Trinajstić information content (AvgIpc) is 2.46. The van der Waals surface area contributed by atoms with Gasteiger partial charge >= 0.3 is 6.09 Å². The summed E-state index contributed by atoms with van der Waals surface area (Å²) in [6.07, 6.45) is 10.3. The Labute approximate surface area is 124 Å². The summed E-state index contributed by atoms with van der Waals surface area (Å²) in [5.74, 6) is 0. The van der Waals surface area contributed by atoms with Crippen molar-refractivity contribution in [2.24, 2.45) is 0 Å². The SMILES string of the molecule is CCCCCCCN(CCCCCC)C(=O)OCCO. The van der Waals surface area contributed by atoms with Crippen LogP contribution in [-0.4, -0.2) is 42.4 Å². The molecule has 0 unspecified atom stereocenters. The van der Waals surface area contributed by atoms with Crippen molar-refractivity contribution < 1.29 is 14.6 Å². The van der Waals surface area contributed by atoms with Crippen LogP contribution in [-0.2, 0) is 4.74 Å². The number of unbranched alkanes of at least 4 members (excludes halogenated alkanes) is 7. The highest BCUT2D eigenvalue weighted by Gasteiger charge is 2.13. The quantitative estimate of drug-likeness (QED) is 0.521. The van der Waals surface area contributed by atoms with E-state index in [0.29, 0.717) is 0 Å². The number of aliphatic hydroxyl groups is 1. The number of rotatable bonds is 13. The van der Waals surface area contributed by atoms with Gasteiger partial charge < -0.3 is 14.7 Å². The van der Waals surface area contributed by atoms with Crippen molar-refractivity contribution in [2.45, 2.75) is 71.6 Å². The molecule has 0 heterocycles. The molecule has 4 nitrogen and oxygen atoms in total. The lowest BCUT2D eigenvalue weighted by atomic mass is 10.1. The van der Waals surface area contributed by atoms with E-state index in [1.54, 1.807) is 4.90 Å². The third-order valence-electron chi connectivity index (χ3n) is 3.39. The van der Waals surface area contributed by atoms with Crippen molar-refractivity contribution in [3.63, 3.8) is 0 Å². The van der Waals surface area contributed by atoms with Crippen molar-refractivity contribution in [3.8, 4) is 0 Å². The third kappa shape index (κ3) is 11.1. The first kappa shape index (κ1) is 19.2. The maximum atomic E-state index is 11.9. The third-order valence-corrected chi connectivity index (χ3v) is 3.39. The second kappa shape index (κ2) is 14.6. The van der Waals surface area contributed by atoms with Crippen LogP contribution in [0.2, 0.25) is 0 Å². The Morgan fingerprint density at radius 2 is 1.40 bits per heavy atom. The molecule has 1 N–H and O–H groups in total. The Bertz CT molecular complexity index is 222. The van der Waals surface area contributed by atoms with Gasteiger partial charge in [0.15, 0.2) is 0 Å². The maximum Gasteiger partial charge on any atom is 0.409 e. The summed E-state index contributed by atoms with van der Waals surface area (Å²) in [5, 5.41) is 8.72. The van der Waals surface area contributed by atoms with Crippen LogP contribution < -0.4 is 0 Å². The number of aliphatic hydroxyl groups excluding tert-OH is 1. The second-order valence-corrected chi connectivity index (χ2v) is 5.30. The zero-order chi connectivity index (χ0) is 15.1. The summed E-state index contributed by atoms with van der Waals surface area (Å²) in [6.45, 7) is 5.93. The van der Waals surface area contributed by atoms with Crippen LogP contribution in [0.15, 0.2) is 0 Å². The van der Waals surface area contributed by atoms with E-state index in [-0.39, 0.29) is 19.3 Å². The normalized spacial score (nSPS) is 10.6. The molecule has 0 atom stereocenters. The maximum absolute atomic E-state index is 11.9. The zero-order valence-electron chi connectivity index (χ0n) is 13.4. The summed E-state index contributed by atoms with van der Waals surface area (Å²) >= 11 is 0. The Morgan fingerprint density at radius 1 is 0.900 bits per heavy atom. The minimum atomic E-state index is -0.272. The van der Waals surface area contributed by atoms with Crippen molar-refractivity contribution in [3.05, 3.63) is 0 Å². The van der Waals surface area contributed by atoms with Gasteiger partial charge in [0.2, 0.25) is 0 Å². The van der Waals surface area contributed by atoms with Crippen LogP contribution in [0.3, 0.4) is 0 Å². The lowest BCUT2D eigenvalue weighted by Crippen LogP contribution is -2.34. The number of ether oxygens (including phenoxy) is 1. The molecule has 0 fully saturated rings. The van der Waals surface area contributed by atoms with Crippen LogP contribution in [0, 0.1) is 0 Å². The molecule has 120 valence electrons. The molecule has 0 aromatic carbocycles. The lowest BCUT2D eigenvalue weighted by Gasteiger charge is -2.22. The van der Waals surface area contributed by atoms with Crippen molar-refractivity contribution in [1.29, 1.82) is 0 Å². The standard InChI is InChI=1S/C16H33NO3/c1-3-5-7-9-11-13-17(12-10-8-6-4-2)16(19)20-15-14-18/h18H,3-15H2,1-2H3. The van der Waals surface area contributed by atoms with Crippen LogP contribution in [0.1, 0.15) is 71.6 Å². The Morgan fingerprint density at radius 3 is 1.90 bits per heavy atom. The highest BCUT2D eigenvalue weighted by Crippen LogP contribution is 2.07. The molecule has 0 radical (unpaired) electrons. The molecule has 1 amide bonds. The molecule has 0 aliphatic rings. The van der Waals surface area contributed by atoms with E-state index in [0.717, 1.165) is 32.4 Å². The first-order valence-electron chi connectivity index (χ1n) is 8.28. The summed E-state index contributed by atoms with van der Waals surface area (Å²) in [4.78, 5) is 13.7. The van der Waals surface area contributed by atoms with Gasteiger partial charge in [0, 0.05) is 13.1 Å². The van der Waals surface area contributed by atoms with Crippen LogP contribution >= 0.6 is 0 Å². The van der Waals surface area contributed by atoms with Crippen molar-refractivity contribution in [2.75, 3.05) is 26.3 Å². The first-order valence-corrected chi connectivity index (χ1v) is 8.28. The van der Waals surface area contributed by atoms with Gasteiger partial charge in [0.25, 0.3) is 0 Å². The largest absolute Gasteiger partial charge is 0.447 e. The number of nitrogens with zero attached hydrogens (tertiary/aromatic N) is 1. The van der Waals surface area contributed by atoms with Gasteiger partial charge in [-0.25, -0.2) is 4.79 Å². The van der Waals surface area contributed by atoms with E-state index in [4.69, 9.17) is 9.84 Å². The number of carbonyl (C=O) groups is 1. The van der Waals surface area contributed by atoms with E-state index >= 15 is 0 Å². The molecule has 0 rings (SSSR count). The van der Waals surface area contributed by atoms with Crippen molar-refractivity contribution in [1.82, 2.24) is 4.90 Å². The van der Waals surface area contributed by atoms with E-state index in [9.17, 15) is 4.79 Å². The summed E-state index contributed by atoms with van der Waals surface area (Å²) in [5.41, 5.74) is 0. The number of amides is 1. The summed E-state index contributed by atoms with van der Waals surface area (Å²) in [7, 11) is 0. The zero-order valence-corrected chi connectivity index (χ0v) is 13.4. The molecule has 0 aromatic rings. The predicted molar refractivity (Wildman–Crippen MR) is 82.9 cm³/mol. The molecule has 20 heavy (non-hydrogen) atoms. The molecule has 0 aromatic heterocycles. The molecule has 0 aliphatic carbocycles. The highest BCUT2D eigenvalue weighted by molar-refractivity contribution is 5.67. The molecule has 0 bridgehead atoms. The minimum Gasteiger partial charge on any atom is -0.447 e. The van der Waals surface area contributed by atoms with Gasteiger partial charge in [-0.3, -0.25) is 0 Å². The van der Waals surface area contributed by atoms with Gasteiger partial charge in [-0.2, -0.15) is 0 Å². The average molecular weight is 287 g/mol. The van der Waals surface area contributed by atoms with E-state index in [2.05, 4.69) is 13.8 Å². The Balaban J connectivity index is 3.93. The molecular weight excluding hydrogens is 254 g/mol. The Kier molecular flexibility index (Phi) is 14.1. The fourth-order valence-corrected chi connectivity index (χ4v) is 2.15. The molecule has 0 saturated heterocycles. The van der Waals surface area contributed by atoms with Crippen LogP contribution in [0.4, 0.5) is 4.79 Å². The minimum absolute atomic E-state index is 0.0973. The van der Waals surface area contributed by atoms with Gasteiger partial charge in [0.05, 0.1) is 6.61 Å². The predicted octanol–water partition coefficient (Wildman–Crippen LogP) is 3.97. The number of carbonyl (C=O) groups excluding carboxylic acids is 1. The number of hydrogen-bond acceptors (Lipinski definition) is 3. The van der Waals surface area contributed by atoms with Gasteiger partial charge in [0.1, 0.15) is 6.61 Å². The molecule has 4 heteroatoms. The van der Waals surface area contributed by atoms with Gasteiger partial charge in [-0.15, -0.1) is 0 Å². The fraction of sp³-hybridized carbons (Fsp3) is 0.938. The molecule has 0 aliphatic heterocycles. The number of hydrogen-bond donors (Lipinski definition) is 1. The molecule has 0 spiro atoms. The summed E-state index contributed by atoms with van der Waals surface area (Å²) < 4.78 is 5.03.